The molecule has 5 atom stereocenters. The molecule has 7 heteroatoms. The number of likely N-dealkylation sites (tertiary alicyclic amines) is 1. The summed E-state index contributed by atoms with van der Waals surface area (Å²) >= 11 is 6.05. The fourth-order valence-corrected chi connectivity index (χ4v) is 5.73. The molecule has 1 saturated heterocycles. The SMILES string of the molecule is Cc1cncc(C(=O)N[C@H]2CC[C@@H]3[C@H]2CCN3CC2CN=NC2c2ccc(Cl)cc2)c1. The van der Waals surface area contributed by atoms with E-state index in [1.54, 1.807) is 12.4 Å². The van der Waals surface area contributed by atoms with Crippen LogP contribution in [0.3, 0.4) is 0 Å². The van der Waals surface area contributed by atoms with Crippen LogP contribution < -0.4 is 5.32 Å². The Morgan fingerprint density at radius 2 is 2.03 bits per heavy atom. The number of nitrogens with zero attached hydrogens (tertiary/aromatic N) is 4. The first-order chi connectivity index (χ1) is 15.1. The highest BCUT2D eigenvalue weighted by Crippen LogP contribution is 2.41. The summed E-state index contributed by atoms with van der Waals surface area (Å²) < 4.78 is 0. The number of aromatic nitrogens is 1. The normalized spacial score (nSPS) is 29.9. The van der Waals surface area contributed by atoms with Crippen molar-refractivity contribution < 1.29 is 4.79 Å². The number of azo groups is 1. The molecule has 0 spiro atoms. The van der Waals surface area contributed by atoms with Crippen LogP contribution in [0.25, 0.3) is 0 Å². The largest absolute Gasteiger partial charge is 0.349 e. The number of hydrogen-bond acceptors (Lipinski definition) is 5. The number of aryl methyl sites for hydroxylation is 1. The van der Waals surface area contributed by atoms with Crippen molar-refractivity contribution in [3.63, 3.8) is 0 Å². The monoisotopic (exact) mass is 437 g/mol. The van der Waals surface area contributed by atoms with Gasteiger partial charge in [0.05, 0.1) is 12.1 Å². The van der Waals surface area contributed by atoms with Gasteiger partial charge in [0.2, 0.25) is 0 Å². The molecule has 2 aliphatic heterocycles. The van der Waals surface area contributed by atoms with E-state index in [1.807, 2.05) is 25.1 Å². The summed E-state index contributed by atoms with van der Waals surface area (Å²) in [5.74, 6) is 0.911. The van der Waals surface area contributed by atoms with Crippen LogP contribution in [0.4, 0.5) is 0 Å². The number of hydrogen-bond donors (Lipinski definition) is 1. The van der Waals surface area contributed by atoms with E-state index < -0.39 is 0 Å². The molecule has 3 heterocycles. The van der Waals surface area contributed by atoms with Gasteiger partial charge >= 0.3 is 0 Å². The second-order valence-electron chi connectivity index (χ2n) is 9.12. The molecule has 1 N–H and O–H groups in total. The summed E-state index contributed by atoms with van der Waals surface area (Å²) in [5.41, 5.74) is 2.85. The van der Waals surface area contributed by atoms with E-state index in [0.29, 0.717) is 23.4 Å². The molecule has 1 aliphatic carbocycles. The fraction of sp³-hybridized carbons (Fsp3) is 0.500. The molecule has 1 amide bonds. The lowest BCUT2D eigenvalue weighted by Crippen LogP contribution is -2.40. The van der Waals surface area contributed by atoms with Crippen molar-refractivity contribution in [2.75, 3.05) is 19.6 Å². The number of carbonyl (C=O) groups is 1. The predicted octanol–water partition coefficient (Wildman–Crippen LogP) is 4.45. The van der Waals surface area contributed by atoms with Crippen molar-refractivity contribution in [2.24, 2.45) is 22.1 Å². The fourth-order valence-electron chi connectivity index (χ4n) is 5.60. The molecule has 6 nitrogen and oxygen atoms in total. The lowest BCUT2D eigenvalue weighted by atomic mass is 9.93. The number of fused-ring (bicyclic) bond motifs is 1. The van der Waals surface area contributed by atoms with Crippen molar-refractivity contribution in [3.8, 4) is 0 Å². The minimum Gasteiger partial charge on any atom is -0.349 e. The molecule has 3 aliphatic rings. The average Bonchev–Trinajstić information content (AvgIpc) is 3.48. The van der Waals surface area contributed by atoms with Gasteiger partial charge in [-0.15, -0.1) is 0 Å². The van der Waals surface area contributed by atoms with Gasteiger partial charge in [-0.1, -0.05) is 23.7 Å². The smallest absolute Gasteiger partial charge is 0.253 e. The second-order valence-corrected chi connectivity index (χ2v) is 9.56. The van der Waals surface area contributed by atoms with Gasteiger partial charge < -0.3 is 5.32 Å². The van der Waals surface area contributed by atoms with Crippen molar-refractivity contribution in [1.82, 2.24) is 15.2 Å². The molecule has 31 heavy (non-hydrogen) atoms. The Balaban J connectivity index is 1.21. The lowest BCUT2D eigenvalue weighted by molar-refractivity contribution is 0.0926. The summed E-state index contributed by atoms with van der Waals surface area (Å²) in [5, 5.41) is 12.9. The van der Waals surface area contributed by atoms with Crippen LogP contribution >= 0.6 is 11.6 Å². The zero-order chi connectivity index (χ0) is 21.4. The molecule has 1 saturated carbocycles. The zero-order valence-corrected chi connectivity index (χ0v) is 18.5. The first-order valence-electron chi connectivity index (χ1n) is 11.2. The predicted molar refractivity (Wildman–Crippen MR) is 120 cm³/mol. The quantitative estimate of drug-likeness (QED) is 0.751. The maximum Gasteiger partial charge on any atom is 0.253 e. The van der Waals surface area contributed by atoms with E-state index >= 15 is 0 Å². The molecular weight excluding hydrogens is 410 g/mol. The first kappa shape index (κ1) is 20.6. The number of nitrogens with one attached hydrogen (secondary N) is 1. The van der Waals surface area contributed by atoms with Crippen molar-refractivity contribution in [2.45, 2.75) is 44.3 Å². The summed E-state index contributed by atoms with van der Waals surface area (Å²) in [6.07, 6.45) is 6.73. The standard InChI is InChI=1S/C24H28ClN5O/c1-15-10-17(12-26-11-15)24(31)28-21-6-7-22-20(21)8-9-30(22)14-18-13-27-29-23(18)16-2-4-19(25)5-3-16/h2-5,10-12,18,20-23H,6-9,13-14H2,1H3,(H,28,31)/t18?,20-,21-,22+,23?/m0/s1. The Hall–Kier alpha value is -2.31. The highest BCUT2D eigenvalue weighted by molar-refractivity contribution is 6.30. The van der Waals surface area contributed by atoms with Crippen LogP contribution in [0.15, 0.2) is 53.0 Å². The van der Waals surface area contributed by atoms with Gasteiger partial charge in [0.1, 0.15) is 6.04 Å². The van der Waals surface area contributed by atoms with Gasteiger partial charge in [0, 0.05) is 42.0 Å². The minimum absolute atomic E-state index is 0.00325. The number of benzene rings is 1. The van der Waals surface area contributed by atoms with E-state index in [-0.39, 0.29) is 18.0 Å². The van der Waals surface area contributed by atoms with Gasteiger partial charge in [0.15, 0.2) is 0 Å². The Morgan fingerprint density at radius 3 is 2.84 bits per heavy atom. The van der Waals surface area contributed by atoms with Gasteiger partial charge in [-0.3, -0.25) is 14.7 Å². The third kappa shape index (κ3) is 4.23. The number of carbonyl (C=O) groups excluding carboxylic acids is 1. The number of amides is 1. The number of rotatable bonds is 5. The molecule has 1 aromatic heterocycles. The summed E-state index contributed by atoms with van der Waals surface area (Å²) in [6, 6.07) is 10.8. The summed E-state index contributed by atoms with van der Waals surface area (Å²) in [6.45, 7) is 4.83. The van der Waals surface area contributed by atoms with Crippen LogP contribution in [0, 0.1) is 18.8 Å². The first-order valence-corrected chi connectivity index (χ1v) is 11.5. The Kier molecular flexibility index (Phi) is 5.76. The van der Waals surface area contributed by atoms with Crippen LogP contribution in [0.2, 0.25) is 5.02 Å². The van der Waals surface area contributed by atoms with Crippen molar-refractivity contribution in [1.29, 1.82) is 0 Å². The van der Waals surface area contributed by atoms with Crippen LogP contribution in [0.5, 0.6) is 0 Å². The average molecular weight is 438 g/mol. The maximum absolute atomic E-state index is 12.7. The van der Waals surface area contributed by atoms with E-state index in [2.05, 4.69) is 37.6 Å². The summed E-state index contributed by atoms with van der Waals surface area (Å²) in [7, 11) is 0. The van der Waals surface area contributed by atoms with Gasteiger partial charge in [-0.25, -0.2) is 0 Å². The van der Waals surface area contributed by atoms with E-state index in [9.17, 15) is 4.79 Å². The highest BCUT2D eigenvalue weighted by Gasteiger charge is 2.45. The Labute approximate surface area is 188 Å². The lowest BCUT2D eigenvalue weighted by Gasteiger charge is -2.28. The molecule has 0 bridgehead atoms. The molecule has 2 fully saturated rings. The van der Waals surface area contributed by atoms with Gasteiger partial charge in [0.25, 0.3) is 5.91 Å². The molecule has 2 unspecified atom stereocenters. The summed E-state index contributed by atoms with van der Waals surface area (Å²) in [4.78, 5) is 19.5. The number of pyridine rings is 1. The topological polar surface area (TPSA) is 70.0 Å². The van der Waals surface area contributed by atoms with Crippen LogP contribution in [-0.4, -0.2) is 47.5 Å². The molecule has 2 aromatic rings. The van der Waals surface area contributed by atoms with E-state index in [1.165, 1.54) is 5.56 Å². The molecule has 0 radical (unpaired) electrons. The van der Waals surface area contributed by atoms with E-state index in [0.717, 1.165) is 49.5 Å². The Morgan fingerprint density at radius 1 is 1.19 bits per heavy atom. The molecule has 1 aromatic carbocycles. The van der Waals surface area contributed by atoms with Crippen LogP contribution in [-0.2, 0) is 0 Å². The molecule has 5 rings (SSSR count). The van der Waals surface area contributed by atoms with Crippen molar-refractivity contribution in [3.05, 3.63) is 64.4 Å². The third-order valence-corrected chi connectivity index (χ3v) is 7.36. The number of halogens is 1. The molecule has 162 valence electrons. The minimum atomic E-state index is -0.00325. The van der Waals surface area contributed by atoms with E-state index in [4.69, 9.17) is 11.6 Å². The Bertz CT molecular complexity index is 978. The molecular formula is C24H28ClN5O. The van der Waals surface area contributed by atoms with Gasteiger partial charge in [-0.05, 0) is 68.0 Å². The third-order valence-electron chi connectivity index (χ3n) is 7.11. The van der Waals surface area contributed by atoms with Crippen molar-refractivity contribution >= 4 is 17.5 Å². The van der Waals surface area contributed by atoms with Gasteiger partial charge in [-0.2, -0.15) is 10.2 Å². The second kappa shape index (κ2) is 8.67. The van der Waals surface area contributed by atoms with Crippen LogP contribution in [0.1, 0.15) is 46.8 Å². The highest BCUT2D eigenvalue weighted by atomic mass is 35.5. The zero-order valence-electron chi connectivity index (χ0n) is 17.7. The maximum atomic E-state index is 12.7.